The van der Waals surface area contributed by atoms with Crippen molar-refractivity contribution in [2.24, 2.45) is 11.8 Å². The molecule has 0 atom stereocenters. The summed E-state index contributed by atoms with van der Waals surface area (Å²) < 4.78 is 20.8. The number of rotatable bonds is 8. The molecule has 0 unspecified atom stereocenters. The molecule has 0 amide bonds. The fourth-order valence-corrected chi connectivity index (χ4v) is 2.29. The van der Waals surface area contributed by atoms with Crippen molar-refractivity contribution in [3.63, 3.8) is 0 Å². The maximum absolute atomic E-state index is 12.3. The van der Waals surface area contributed by atoms with E-state index in [1.165, 1.54) is 24.3 Å². The molecular formula is C23H26O7. The smallest absolute Gasteiger partial charge is 0.462 e. The van der Waals surface area contributed by atoms with E-state index in [2.05, 4.69) is 0 Å². The van der Waals surface area contributed by atoms with Gasteiger partial charge in [0.1, 0.15) is 22.6 Å². The number of esters is 2. The molecule has 0 saturated carbocycles. The van der Waals surface area contributed by atoms with Crippen LogP contribution in [0.3, 0.4) is 0 Å². The van der Waals surface area contributed by atoms with Crippen LogP contribution in [0.2, 0.25) is 0 Å². The summed E-state index contributed by atoms with van der Waals surface area (Å²) in [6.45, 7) is 8.13. The van der Waals surface area contributed by atoms with Crippen LogP contribution in [-0.2, 0) is 9.47 Å². The standard InChI is InChI=1S/C23H26O7/c1-15(2)13-27-21(24)17-9-5-7-11-19(17)29-23(26)30-20-12-8-6-10-18(20)22(25)28-14-16(3)4/h5-12,15-16H,13-14H2,1-4H3. The molecule has 0 aliphatic carbocycles. The molecule has 0 heterocycles. The van der Waals surface area contributed by atoms with E-state index in [1.807, 2.05) is 27.7 Å². The lowest BCUT2D eigenvalue weighted by atomic mass is 10.2. The van der Waals surface area contributed by atoms with Gasteiger partial charge in [0.25, 0.3) is 0 Å². The molecule has 0 saturated heterocycles. The molecule has 30 heavy (non-hydrogen) atoms. The molecule has 0 N–H and O–H groups in total. The predicted octanol–water partition coefficient (Wildman–Crippen LogP) is 4.89. The SMILES string of the molecule is CC(C)COC(=O)c1ccccc1OC(=O)Oc1ccccc1C(=O)OCC(C)C. The Morgan fingerprint density at radius 2 is 1.03 bits per heavy atom. The van der Waals surface area contributed by atoms with Gasteiger partial charge in [0.05, 0.1) is 13.2 Å². The van der Waals surface area contributed by atoms with Crippen LogP contribution >= 0.6 is 0 Å². The Bertz CT molecular complexity index is 815. The van der Waals surface area contributed by atoms with Gasteiger partial charge < -0.3 is 18.9 Å². The number of hydrogen-bond acceptors (Lipinski definition) is 7. The Morgan fingerprint density at radius 1 is 0.667 bits per heavy atom. The number of carbonyl (C=O) groups excluding carboxylic acids is 3. The van der Waals surface area contributed by atoms with Gasteiger partial charge in [-0.15, -0.1) is 0 Å². The van der Waals surface area contributed by atoms with Gasteiger partial charge in [-0.25, -0.2) is 14.4 Å². The third-order valence-electron chi connectivity index (χ3n) is 3.70. The molecule has 2 aromatic rings. The summed E-state index contributed by atoms with van der Waals surface area (Å²) in [6.07, 6.45) is -1.09. The fraction of sp³-hybridized carbons (Fsp3) is 0.348. The van der Waals surface area contributed by atoms with Gasteiger partial charge in [-0.05, 0) is 36.1 Å². The third-order valence-corrected chi connectivity index (χ3v) is 3.70. The van der Waals surface area contributed by atoms with Gasteiger partial charge in [0.15, 0.2) is 0 Å². The predicted molar refractivity (Wildman–Crippen MR) is 110 cm³/mol. The van der Waals surface area contributed by atoms with Crippen molar-refractivity contribution in [1.29, 1.82) is 0 Å². The highest BCUT2D eigenvalue weighted by Gasteiger charge is 2.20. The fourth-order valence-electron chi connectivity index (χ4n) is 2.29. The molecule has 0 aliphatic rings. The van der Waals surface area contributed by atoms with Gasteiger partial charge in [0, 0.05) is 0 Å². The first-order chi connectivity index (χ1) is 14.3. The molecule has 0 fully saturated rings. The summed E-state index contributed by atoms with van der Waals surface area (Å²) in [4.78, 5) is 36.8. The van der Waals surface area contributed by atoms with Crippen molar-refractivity contribution in [2.45, 2.75) is 27.7 Å². The van der Waals surface area contributed by atoms with Gasteiger partial charge in [-0.3, -0.25) is 0 Å². The summed E-state index contributed by atoms with van der Waals surface area (Å²) in [5, 5.41) is 0. The zero-order valence-electron chi connectivity index (χ0n) is 17.5. The van der Waals surface area contributed by atoms with E-state index in [9.17, 15) is 14.4 Å². The first-order valence-electron chi connectivity index (χ1n) is 9.70. The second kappa shape index (κ2) is 11.0. The van der Waals surface area contributed by atoms with E-state index >= 15 is 0 Å². The first-order valence-corrected chi connectivity index (χ1v) is 9.70. The van der Waals surface area contributed by atoms with E-state index in [0.717, 1.165) is 0 Å². The molecule has 160 valence electrons. The van der Waals surface area contributed by atoms with Crippen molar-refractivity contribution in [2.75, 3.05) is 13.2 Å². The Morgan fingerprint density at radius 3 is 1.40 bits per heavy atom. The van der Waals surface area contributed by atoms with Gasteiger partial charge in [0.2, 0.25) is 0 Å². The zero-order chi connectivity index (χ0) is 22.1. The highest BCUT2D eigenvalue weighted by Crippen LogP contribution is 2.23. The maximum atomic E-state index is 12.3. The molecule has 0 aromatic heterocycles. The molecule has 7 heteroatoms. The average Bonchev–Trinajstić information content (AvgIpc) is 2.71. The topological polar surface area (TPSA) is 88.1 Å². The van der Waals surface area contributed by atoms with E-state index in [0.29, 0.717) is 0 Å². The average molecular weight is 414 g/mol. The summed E-state index contributed by atoms with van der Waals surface area (Å²) in [5.41, 5.74) is 0.194. The lowest BCUT2D eigenvalue weighted by Gasteiger charge is -2.13. The van der Waals surface area contributed by atoms with Crippen molar-refractivity contribution in [3.8, 4) is 11.5 Å². The number of ether oxygens (including phenoxy) is 4. The van der Waals surface area contributed by atoms with Crippen LogP contribution in [0.4, 0.5) is 4.79 Å². The number of para-hydroxylation sites is 2. The van der Waals surface area contributed by atoms with Crippen molar-refractivity contribution in [1.82, 2.24) is 0 Å². The molecule has 2 aromatic carbocycles. The normalized spacial score (nSPS) is 10.6. The lowest BCUT2D eigenvalue weighted by Crippen LogP contribution is -2.19. The Kier molecular flexibility index (Phi) is 8.41. The first kappa shape index (κ1) is 22.9. The van der Waals surface area contributed by atoms with Gasteiger partial charge in [-0.2, -0.15) is 0 Å². The molecule has 0 aliphatic heterocycles. The Balaban J connectivity index is 2.10. The van der Waals surface area contributed by atoms with E-state index in [-0.39, 0.29) is 47.7 Å². The summed E-state index contributed by atoms with van der Waals surface area (Å²) in [7, 11) is 0. The second-order valence-corrected chi connectivity index (χ2v) is 7.43. The van der Waals surface area contributed by atoms with E-state index in [1.54, 1.807) is 24.3 Å². The Labute approximate surface area is 175 Å². The van der Waals surface area contributed by atoms with Crippen molar-refractivity contribution < 1.29 is 33.3 Å². The van der Waals surface area contributed by atoms with Crippen LogP contribution in [0.1, 0.15) is 48.4 Å². The van der Waals surface area contributed by atoms with Crippen LogP contribution in [0.15, 0.2) is 48.5 Å². The number of carbonyl (C=O) groups is 3. The van der Waals surface area contributed by atoms with Crippen molar-refractivity contribution in [3.05, 3.63) is 59.7 Å². The van der Waals surface area contributed by atoms with Crippen LogP contribution in [-0.4, -0.2) is 31.3 Å². The largest absolute Gasteiger partial charge is 0.519 e. The van der Waals surface area contributed by atoms with Crippen LogP contribution in [0.25, 0.3) is 0 Å². The quantitative estimate of drug-likeness (QED) is 0.449. The zero-order valence-corrected chi connectivity index (χ0v) is 17.5. The minimum absolute atomic E-state index is 0.00359. The highest BCUT2D eigenvalue weighted by atomic mass is 16.7. The minimum Gasteiger partial charge on any atom is -0.462 e. The molecule has 0 bridgehead atoms. The van der Waals surface area contributed by atoms with Crippen LogP contribution < -0.4 is 9.47 Å². The van der Waals surface area contributed by atoms with Crippen molar-refractivity contribution >= 4 is 18.1 Å². The summed E-state index contributed by atoms with van der Waals surface area (Å²) >= 11 is 0. The Hall–Kier alpha value is -3.35. The molecule has 2 rings (SSSR count). The maximum Gasteiger partial charge on any atom is 0.519 e. The van der Waals surface area contributed by atoms with Crippen LogP contribution in [0.5, 0.6) is 11.5 Å². The number of hydrogen-bond donors (Lipinski definition) is 0. The molecular weight excluding hydrogens is 388 g/mol. The number of benzene rings is 2. The van der Waals surface area contributed by atoms with E-state index < -0.39 is 18.1 Å². The van der Waals surface area contributed by atoms with Gasteiger partial charge in [-0.1, -0.05) is 52.0 Å². The van der Waals surface area contributed by atoms with Crippen LogP contribution in [0, 0.1) is 11.8 Å². The molecule has 0 radical (unpaired) electrons. The highest BCUT2D eigenvalue weighted by molar-refractivity contribution is 5.94. The summed E-state index contributed by atoms with van der Waals surface area (Å²) in [6, 6.07) is 12.4. The monoisotopic (exact) mass is 414 g/mol. The van der Waals surface area contributed by atoms with E-state index in [4.69, 9.17) is 18.9 Å². The third kappa shape index (κ3) is 6.92. The summed E-state index contributed by atoms with van der Waals surface area (Å²) in [5.74, 6) is -0.889. The second-order valence-electron chi connectivity index (χ2n) is 7.43. The minimum atomic E-state index is -1.09. The van der Waals surface area contributed by atoms with Gasteiger partial charge >= 0.3 is 18.1 Å². The molecule has 7 nitrogen and oxygen atoms in total. The molecule has 0 spiro atoms. The lowest BCUT2D eigenvalue weighted by molar-refractivity contribution is 0.0449.